The number of rotatable bonds is 8. The number of methoxy groups -OCH3 is 3. The maximum Gasteiger partial charge on any atom is 0.248 e. The van der Waals surface area contributed by atoms with E-state index in [0.717, 1.165) is 16.9 Å². The summed E-state index contributed by atoms with van der Waals surface area (Å²) in [6.45, 7) is 2.05. The summed E-state index contributed by atoms with van der Waals surface area (Å²) in [5.41, 5.74) is 4.62. The average molecular weight is 418 g/mol. The fourth-order valence-electron chi connectivity index (χ4n) is 2.99. The predicted octanol–water partition coefficient (Wildman–Crippen LogP) is 5.42. The first-order chi connectivity index (χ1) is 15.0. The van der Waals surface area contributed by atoms with Crippen LogP contribution in [0, 0.1) is 6.92 Å². The Kier molecular flexibility index (Phi) is 7.17. The van der Waals surface area contributed by atoms with E-state index < -0.39 is 0 Å². The smallest absolute Gasteiger partial charge is 0.248 e. The number of carbonyl (C=O) groups is 1. The van der Waals surface area contributed by atoms with E-state index in [0.29, 0.717) is 22.9 Å². The Labute approximate surface area is 182 Å². The number of benzene rings is 3. The highest BCUT2D eigenvalue weighted by atomic mass is 16.5. The van der Waals surface area contributed by atoms with E-state index in [1.165, 1.54) is 11.6 Å². The summed E-state index contributed by atoms with van der Waals surface area (Å²) >= 11 is 0. The van der Waals surface area contributed by atoms with Crippen molar-refractivity contribution in [2.45, 2.75) is 6.92 Å². The number of anilines is 3. The Morgan fingerprint density at radius 1 is 0.774 bits per heavy atom. The predicted molar refractivity (Wildman–Crippen MR) is 125 cm³/mol. The van der Waals surface area contributed by atoms with Gasteiger partial charge in [0.25, 0.3) is 0 Å². The van der Waals surface area contributed by atoms with Gasteiger partial charge in [0.15, 0.2) is 11.5 Å². The van der Waals surface area contributed by atoms with Crippen molar-refractivity contribution in [1.29, 1.82) is 0 Å². The fraction of sp³-hybridized carbons (Fsp3) is 0.160. The number of hydrogen-bond acceptors (Lipinski definition) is 5. The van der Waals surface area contributed by atoms with Gasteiger partial charge in [-0.25, -0.2) is 0 Å². The Hall–Kier alpha value is -3.93. The minimum Gasteiger partial charge on any atom is -0.493 e. The lowest BCUT2D eigenvalue weighted by Gasteiger charge is -2.12. The number of hydrogen-bond donors (Lipinski definition) is 2. The van der Waals surface area contributed by atoms with Gasteiger partial charge in [-0.3, -0.25) is 4.79 Å². The molecule has 0 heterocycles. The summed E-state index contributed by atoms with van der Waals surface area (Å²) in [4.78, 5) is 12.3. The topological polar surface area (TPSA) is 68.8 Å². The second-order valence-corrected chi connectivity index (χ2v) is 6.85. The van der Waals surface area contributed by atoms with Crippen molar-refractivity contribution in [3.05, 3.63) is 77.9 Å². The molecule has 6 nitrogen and oxygen atoms in total. The van der Waals surface area contributed by atoms with Gasteiger partial charge in [-0.2, -0.15) is 0 Å². The highest BCUT2D eigenvalue weighted by Gasteiger charge is 2.12. The highest BCUT2D eigenvalue weighted by molar-refractivity contribution is 6.02. The zero-order chi connectivity index (χ0) is 22.2. The van der Waals surface area contributed by atoms with Crippen LogP contribution in [-0.4, -0.2) is 27.2 Å². The molecule has 0 aromatic heterocycles. The van der Waals surface area contributed by atoms with E-state index >= 15 is 0 Å². The van der Waals surface area contributed by atoms with Crippen LogP contribution in [0.15, 0.2) is 66.7 Å². The van der Waals surface area contributed by atoms with Crippen LogP contribution >= 0.6 is 0 Å². The van der Waals surface area contributed by atoms with Crippen LogP contribution in [0.4, 0.5) is 17.1 Å². The Bertz CT molecular complexity index is 1030. The molecule has 3 rings (SSSR count). The molecule has 0 unspecified atom stereocenters. The molecule has 3 aromatic rings. The Balaban J connectivity index is 1.64. The van der Waals surface area contributed by atoms with Gasteiger partial charge in [-0.1, -0.05) is 17.7 Å². The molecule has 0 spiro atoms. The van der Waals surface area contributed by atoms with Crippen LogP contribution in [0.1, 0.15) is 11.1 Å². The summed E-state index contributed by atoms with van der Waals surface area (Å²) in [6, 6.07) is 19.2. The first-order valence-corrected chi connectivity index (χ1v) is 9.75. The minimum absolute atomic E-state index is 0.243. The standard InChI is InChI=1S/C25H26N2O4/c1-17-5-8-19(9-6-17)26-20-10-12-21(13-11-20)27-24(28)14-7-18-15-22(29-2)25(31-4)23(16-18)30-3/h5-16,26H,1-4H3,(H,27,28)/b14-7+. The SMILES string of the molecule is COc1cc(/C=C/C(=O)Nc2ccc(Nc3ccc(C)cc3)cc2)cc(OC)c1OC. The van der Waals surface area contributed by atoms with Crippen LogP contribution in [0.3, 0.4) is 0 Å². The van der Waals surface area contributed by atoms with Crippen molar-refractivity contribution in [3.63, 3.8) is 0 Å². The van der Waals surface area contributed by atoms with Gasteiger partial charge >= 0.3 is 0 Å². The largest absolute Gasteiger partial charge is 0.493 e. The Morgan fingerprint density at radius 3 is 1.81 bits per heavy atom. The van der Waals surface area contributed by atoms with Crippen molar-refractivity contribution >= 4 is 29.0 Å². The second-order valence-electron chi connectivity index (χ2n) is 6.85. The molecule has 0 saturated carbocycles. The van der Waals surface area contributed by atoms with Crippen LogP contribution < -0.4 is 24.8 Å². The normalized spacial score (nSPS) is 10.6. The van der Waals surface area contributed by atoms with Crippen LogP contribution in [0.2, 0.25) is 0 Å². The summed E-state index contributed by atoms with van der Waals surface area (Å²) in [5.74, 6) is 1.32. The first kappa shape index (κ1) is 21.8. The second kappa shape index (κ2) is 10.2. The molecule has 0 bridgehead atoms. The molecule has 0 saturated heterocycles. The van der Waals surface area contributed by atoms with Gasteiger partial charge in [0.05, 0.1) is 21.3 Å². The van der Waals surface area contributed by atoms with E-state index in [1.54, 1.807) is 39.5 Å². The van der Waals surface area contributed by atoms with Gasteiger partial charge in [-0.15, -0.1) is 0 Å². The summed E-state index contributed by atoms with van der Waals surface area (Å²) < 4.78 is 16.0. The third-order valence-electron chi connectivity index (χ3n) is 4.61. The van der Waals surface area contributed by atoms with Crippen LogP contribution in [0.5, 0.6) is 17.2 Å². The molecule has 0 aliphatic carbocycles. The third-order valence-corrected chi connectivity index (χ3v) is 4.61. The molecule has 0 fully saturated rings. The molecule has 160 valence electrons. The van der Waals surface area contributed by atoms with E-state index in [-0.39, 0.29) is 5.91 Å². The molecule has 0 aliphatic heterocycles. The number of carbonyl (C=O) groups excluding carboxylic acids is 1. The average Bonchev–Trinajstić information content (AvgIpc) is 2.79. The molecule has 0 aliphatic rings. The van der Waals surface area contributed by atoms with E-state index in [1.807, 2.05) is 36.4 Å². The van der Waals surface area contributed by atoms with Crippen LogP contribution in [-0.2, 0) is 4.79 Å². The molecular weight excluding hydrogens is 392 g/mol. The highest BCUT2D eigenvalue weighted by Crippen LogP contribution is 2.38. The number of ether oxygens (including phenoxy) is 3. The fourth-order valence-corrected chi connectivity index (χ4v) is 2.99. The molecule has 2 N–H and O–H groups in total. The maximum absolute atomic E-state index is 12.3. The lowest BCUT2D eigenvalue weighted by atomic mass is 10.1. The van der Waals surface area contributed by atoms with E-state index in [4.69, 9.17) is 14.2 Å². The van der Waals surface area contributed by atoms with Crippen molar-refractivity contribution in [3.8, 4) is 17.2 Å². The lowest BCUT2D eigenvalue weighted by Crippen LogP contribution is -2.07. The monoisotopic (exact) mass is 418 g/mol. The molecule has 0 atom stereocenters. The van der Waals surface area contributed by atoms with Crippen LogP contribution in [0.25, 0.3) is 6.08 Å². The number of amides is 1. The lowest BCUT2D eigenvalue weighted by molar-refractivity contribution is -0.111. The van der Waals surface area contributed by atoms with Gasteiger partial charge in [0, 0.05) is 23.1 Å². The summed E-state index contributed by atoms with van der Waals surface area (Å²) in [6.07, 6.45) is 3.15. The van der Waals surface area contributed by atoms with E-state index in [9.17, 15) is 4.79 Å². The Morgan fingerprint density at radius 2 is 1.29 bits per heavy atom. The van der Waals surface area contributed by atoms with Gasteiger partial charge in [0.2, 0.25) is 11.7 Å². The van der Waals surface area contributed by atoms with E-state index in [2.05, 4.69) is 29.7 Å². The van der Waals surface area contributed by atoms with Gasteiger partial charge in [0.1, 0.15) is 0 Å². The molecule has 6 heteroatoms. The van der Waals surface area contributed by atoms with Crippen molar-refractivity contribution in [1.82, 2.24) is 0 Å². The van der Waals surface area contributed by atoms with Gasteiger partial charge < -0.3 is 24.8 Å². The number of aryl methyl sites for hydroxylation is 1. The van der Waals surface area contributed by atoms with Crippen molar-refractivity contribution in [2.24, 2.45) is 0 Å². The van der Waals surface area contributed by atoms with Gasteiger partial charge in [-0.05, 0) is 67.1 Å². The minimum atomic E-state index is -0.243. The number of nitrogens with one attached hydrogen (secondary N) is 2. The maximum atomic E-state index is 12.3. The molecule has 31 heavy (non-hydrogen) atoms. The summed E-state index contributed by atoms with van der Waals surface area (Å²) in [7, 11) is 4.65. The molecule has 0 radical (unpaired) electrons. The van der Waals surface area contributed by atoms with Crippen molar-refractivity contribution in [2.75, 3.05) is 32.0 Å². The quantitative estimate of drug-likeness (QED) is 0.478. The molecule has 3 aromatic carbocycles. The van der Waals surface area contributed by atoms with Crippen molar-refractivity contribution < 1.29 is 19.0 Å². The molecule has 1 amide bonds. The summed E-state index contributed by atoms with van der Waals surface area (Å²) in [5, 5.41) is 6.18. The molecular formula is C25H26N2O4. The third kappa shape index (κ3) is 5.79. The first-order valence-electron chi connectivity index (χ1n) is 9.75. The zero-order valence-corrected chi connectivity index (χ0v) is 18.1. The zero-order valence-electron chi connectivity index (χ0n) is 18.1.